The Hall–Kier alpha value is -3.16. The third-order valence-electron chi connectivity index (χ3n) is 4.65. The van der Waals surface area contributed by atoms with Crippen LogP contribution >= 0.6 is 0 Å². The Balaban J connectivity index is 1.44. The molecule has 1 N–H and O–H groups in total. The fourth-order valence-corrected chi connectivity index (χ4v) is 3.17. The van der Waals surface area contributed by atoms with Crippen LogP contribution < -0.4 is 5.32 Å². The lowest BCUT2D eigenvalue weighted by Crippen LogP contribution is -2.49. The average Bonchev–Trinajstić information content (AvgIpc) is 2.77. The topological polar surface area (TPSA) is 83.1 Å². The predicted molar refractivity (Wildman–Crippen MR) is 104 cm³/mol. The first-order chi connectivity index (χ1) is 14.2. The summed E-state index contributed by atoms with van der Waals surface area (Å²) < 4.78 is 22.2. The van der Waals surface area contributed by atoms with E-state index >= 15 is 0 Å². The normalized spacial score (nSPS) is 23.4. The number of rotatable bonds is 5. The lowest BCUT2D eigenvalue weighted by Gasteiger charge is -2.37. The molecule has 2 aromatic carbocycles. The average molecular weight is 395 g/mol. The molecule has 1 saturated heterocycles. The Labute approximate surface area is 168 Å². The highest BCUT2D eigenvalue weighted by molar-refractivity contribution is 6.02. The number of Topliss-reactive ketones (excluding diaryl/α,β-unsaturated/α-hetero) is 1. The van der Waals surface area contributed by atoms with E-state index in [4.69, 9.17) is 18.9 Å². The Kier molecular flexibility index (Phi) is 5.59. The summed E-state index contributed by atoms with van der Waals surface area (Å²) in [5.74, 6) is -0.597. The van der Waals surface area contributed by atoms with Crippen LogP contribution in [0.25, 0.3) is 0 Å². The number of ether oxygens (including phenoxy) is 4. The van der Waals surface area contributed by atoms with Crippen molar-refractivity contribution in [1.29, 1.82) is 0 Å². The lowest BCUT2D eigenvalue weighted by atomic mass is 10.0. The highest BCUT2D eigenvalue weighted by Gasteiger charge is 2.42. The molecule has 7 heteroatoms. The lowest BCUT2D eigenvalue weighted by molar-refractivity contribution is -0.253. The van der Waals surface area contributed by atoms with Crippen molar-refractivity contribution in [2.24, 2.45) is 0 Å². The van der Waals surface area contributed by atoms with Gasteiger partial charge in [0.05, 0.1) is 18.8 Å². The number of benzene rings is 2. The van der Waals surface area contributed by atoms with Gasteiger partial charge in [-0.25, -0.2) is 4.79 Å². The fourth-order valence-electron chi connectivity index (χ4n) is 3.17. The van der Waals surface area contributed by atoms with Crippen molar-refractivity contribution >= 4 is 17.4 Å². The maximum absolute atomic E-state index is 12.9. The summed E-state index contributed by atoms with van der Waals surface area (Å²) in [6, 6.07) is 16.1. The molecule has 2 aromatic rings. The van der Waals surface area contributed by atoms with Gasteiger partial charge in [-0.1, -0.05) is 30.3 Å². The van der Waals surface area contributed by atoms with Crippen LogP contribution in [-0.4, -0.2) is 37.2 Å². The van der Waals surface area contributed by atoms with E-state index < -0.39 is 18.5 Å². The SMILES string of the molecule is CCOC(=O)c1ccc(NC2=CO[C@@H]3COC(c4ccccc4)O[C@H]3C2=O)cc1. The molecule has 3 atom stereocenters. The van der Waals surface area contributed by atoms with Gasteiger partial charge in [-0.15, -0.1) is 0 Å². The zero-order chi connectivity index (χ0) is 20.2. The van der Waals surface area contributed by atoms with E-state index in [1.165, 1.54) is 6.26 Å². The summed E-state index contributed by atoms with van der Waals surface area (Å²) in [7, 11) is 0. The predicted octanol–water partition coefficient (Wildman–Crippen LogP) is 3.20. The minimum atomic E-state index is -0.764. The second-order valence-electron chi connectivity index (χ2n) is 6.63. The van der Waals surface area contributed by atoms with E-state index in [2.05, 4.69) is 5.32 Å². The molecule has 0 radical (unpaired) electrons. The molecule has 0 spiro atoms. The molecule has 0 aromatic heterocycles. The standard InChI is InChI=1S/C22H21NO6/c1-2-26-21(25)14-8-10-16(11-9-14)23-17-12-27-18-13-28-22(29-20(18)19(17)24)15-6-4-3-5-7-15/h3-12,18,20,22-23H,2,13H2,1H3/t18-,20-,22?/m1/s1. The van der Waals surface area contributed by atoms with E-state index in [0.29, 0.717) is 17.9 Å². The van der Waals surface area contributed by atoms with Gasteiger partial charge in [-0.05, 0) is 31.2 Å². The molecule has 0 bridgehead atoms. The van der Waals surface area contributed by atoms with Crippen LogP contribution in [0.15, 0.2) is 66.6 Å². The Morgan fingerprint density at radius 2 is 1.90 bits per heavy atom. The molecule has 0 amide bonds. The Morgan fingerprint density at radius 3 is 2.62 bits per heavy atom. The van der Waals surface area contributed by atoms with Gasteiger partial charge in [-0.2, -0.15) is 0 Å². The number of carbonyl (C=O) groups excluding carboxylic acids is 2. The molecule has 2 aliphatic heterocycles. The summed E-state index contributed by atoms with van der Waals surface area (Å²) >= 11 is 0. The smallest absolute Gasteiger partial charge is 0.338 e. The monoisotopic (exact) mass is 395 g/mol. The van der Waals surface area contributed by atoms with E-state index in [1.807, 2.05) is 30.3 Å². The molecule has 29 heavy (non-hydrogen) atoms. The molecule has 4 rings (SSSR count). The van der Waals surface area contributed by atoms with Crippen molar-refractivity contribution in [3.8, 4) is 0 Å². The first-order valence-electron chi connectivity index (χ1n) is 9.41. The maximum atomic E-state index is 12.9. The van der Waals surface area contributed by atoms with Crippen molar-refractivity contribution in [3.63, 3.8) is 0 Å². The van der Waals surface area contributed by atoms with Crippen LogP contribution in [-0.2, 0) is 23.7 Å². The number of nitrogens with one attached hydrogen (secondary N) is 1. The largest absolute Gasteiger partial charge is 0.490 e. The van der Waals surface area contributed by atoms with Crippen molar-refractivity contribution in [1.82, 2.24) is 0 Å². The quantitative estimate of drug-likeness (QED) is 0.779. The summed E-state index contributed by atoms with van der Waals surface area (Å²) in [6.07, 6.45) is -0.481. The van der Waals surface area contributed by atoms with Crippen LogP contribution in [0.3, 0.4) is 0 Å². The molecular formula is C22H21NO6. The molecular weight excluding hydrogens is 374 g/mol. The Bertz CT molecular complexity index is 909. The van der Waals surface area contributed by atoms with Crippen molar-refractivity contribution in [3.05, 3.63) is 77.7 Å². The maximum Gasteiger partial charge on any atom is 0.338 e. The van der Waals surface area contributed by atoms with E-state index in [1.54, 1.807) is 31.2 Å². The highest BCUT2D eigenvalue weighted by Crippen LogP contribution is 2.31. The number of anilines is 1. The number of carbonyl (C=O) groups is 2. The third kappa shape index (κ3) is 4.16. The van der Waals surface area contributed by atoms with Gasteiger partial charge in [0.15, 0.2) is 18.5 Å². The molecule has 1 fully saturated rings. The van der Waals surface area contributed by atoms with Gasteiger partial charge in [0, 0.05) is 11.3 Å². The molecule has 1 unspecified atom stereocenters. The second kappa shape index (κ2) is 8.46. The number of hydrogen-bond acceptors (Lipinski definition) is 7. The van der Waals surface area contributed by atoms with Gasteiger partial charge in [0.2, 0.25) is 5.78 Å². The molecule has 0 saturated carbocycles. The van der Waals surface area contributed by atoms with Gasteiger partial charge < -0.3 is 24.3 Å². The van der Waals surface area contributed by atoms with Crippen molar-refractivity contribution in [2.45, 2.75) is 25.4 Å². The summed E-state index contributed by atoms with van der Waals surface area (Å²) in [4.78, 5) is 24.7. The Morgan fingerprint density at radius 1 is 1.14 bits per heavy atom. The molecule has 7 nitrogen and oxygen atoms in total. The highest BCUT2D eigenvalue weighted by atomic mass is 16.7. The van der Waals surface area contributed by atoms with Gasteiger partial charge in [0.1, 0.15) is 12.0 Å². The summed E-state index contributed by atoms with van der Waals surface area (Å²) in [5, 5.41) is 3.03. The molecule has 0 aliphatic carbocycles. The summed E-state index contributed by atoms with van der Waals surface area (Å²) in [5.41, 5.74) is 2.21. The van der Waals surface area contributed by atoms with Crippen LogP contribution in [0.5, 0.6) is 0 Å². The first-order valence-corrected chi connectivity index (χ1v) is 9.41. The van der Waals surface area contributed by atoms with E-state index in [9.17, 15) is 9.59 Å². The van der Waals surface area contributed by atoms with Crippen molar-refractivity contribution in [2.75, 3.05) is 18.5 Å². The van der Waals surface area contributed by atoms with Crippen LogP contribution in [0, 0.1) is 0 Å². The number of fused-ring (bicyclic) bond motifs is 1. The van der Waals surface area contributed by atoms with Crippen LogP contribution in [0.2, 0.25) is 0 Å². The zero-order valence-corrected chi connectivity index (χ0v) is 15.9. The molecule has 150 valence electrons. The second-order valence-corrected chi connectivity index (χ2v) is 6.63. The molecule has 2 heterocycles. The van der Waals surface area contributed by atoms with Gasteiger partial charge in [0.25, 0.3) is 0 Å². The van der Waals surface area contributed by atoms with Crippen LogP contribution in [0.4, 0.5) is 5.69 Å². The number of ketones is 1. The zero-order valence-electron chi connectivity index (χ0n) is 15.9. The first kappa shape index (κ1) is 19.2. The number of esters is 1. The van der Waals surface area contributed by atoms with Crippen LogP contribution in [0.1, 0.15) is 29.1 Å². The minimum absolute atomic E-state index is 0.208. The van der Waals surface area contributed by atoms with E-state index in [0.717, 1.165) is 5.56 Å². The van der Waals surface area contributed by atoms with Gasteiger partial charge >= 0.3 is 5.97 Å². The number of hydrogen-bond donors (Lipinski definition) is 1. The van der Waals surface area contributed by atoms with Crippen molar-refractivity contribution < 1.29 is 28.5 Å². The van der Waals surface area contributed by atoms with Gasteiger partial charge in [-0.3, -0.25) is 4.79 Å². The third-order valence-corrected chi connectivity index (χ3v) is 4.65. The molecule has 2 aliphatic rings. The fraction of sp³-hybridized carbons (Fsp3) is 0.273. The van der Waals surface area contributed by atoms with E-state index in [-0.39, 0.29) is 24.1 Å². The minimum Gasteiger partial charge on any atom is -0.490 e. The summed E-state index contributed by atoms with van der Waals surface area (Å²) in [6.45, 7) is 2.32.